The zero-order valence-corrected chi connectivity index (χ0v) is 16.9. The molecule has 8 heteroatoms. The Morgan fingerprint density at radius 2 is 1.68 bits per heavy atom. The minimum atomic E-state index is -3.30. The fourth-order valence-corrected chi connectivity index (χ4v) is 4.33. The number of anilines is 1. The highest BCUT2D eigenvalue weighted by molar-refractivity contribution is 7.90. The summed E-state index contributed by atoms with van der Waals surface area (Å²) >= 11 is 1.32. The standard InChI is InChI=1S/C20H18FNO4S2/c1-3-26-20(23)22-18-12-17(13-6-10-16(11-7-13)28(2,24)25)19(27-18)14-4-8-15(21)9-5-14/h4-12H,3H2,1-2H3,(H,22,23). The number of halogens is 1. The van der Waals surface area contributed by atoms with Gasteiger partial charge in [-0.25, -0.2) is 17.6 Å². The van der Waals surface area contributed by atoms with Gasteiger partial charge < -0.3 is 4.74 Å². The van der Waals surface area contributed by atoms with Gasteiger partial charge in [0.05, 0.1) is 16.5 Å². The highest BCUT2D eigenvalue weighted by atomic mass is 32.2. The van der Waals surface area contributed by atoms with E-state index in [0.29, 0.717) is 5.00 Å². The van der Waals surface area contributed by atoms with Crippen LogP contribution in [0, 0.1) is 5.82 Å². The molecule has 1 aromatic heterocycles. The molecule has 0 aliphatic rings. The van der Waals surface area contributed by atoms with Crippen LogP contribution in [-0.2, 0) is 14.6 Å². The van der Waals surface area contributed by atoms with Crippen molar-refractivity contribution in [3.8, 4) is 21.6 Å². The number of sulfone groups is 1. The van der Waals surface area contributed by atoms with Gasteiger partial charge in [-0.15, -0.1) is 11.3 Å². The first kappa shape index (κ1) is 20.0. The van der Waals surface area contributed by atoms with Crippen molar-refractivity contribution in [3.05, 3.63) is 60.4 Å². The molecule has 0 saturated heterocycles. The van der Waals surface area contributed by atoms with Crippen LogP contribution in [0.25, 0.3) is 21.6 Å². The molecular formula is C20H18FNO4S2. The van der Waals surface area contributed by atoms with Gasteiger partial charge in [0.25, 0.3) is 0 Å². The van der Waals surface area contributed by atoms with Gasteiger partial charge >= 0.3 is 6.09 Å². The zero-order valence-electron chi connectivity index (χ0n) is 15.2. The van der Waals surface area contributed by atoms with Gasteiger partial charge in [0.2, 0.25) is 0 Å². The summed E-state index contributed by atoms with van der Waals surface area (Å²) in [4.78, 5) is 12.8. The van der Waals surface area contributed by atoms with Crippen LogP contribution in [0.4, 0.5) is 14.2 Å². The third-order valence-corrected chi connectivity index (χ3v) is 6.16. The van der Waals surface area contributed by atoms with Crippen LogP contribution in [0.1, 0.15) is 6.92 Å². The maximum atomic E-state index is 13.3. The lowest BCUT2D eigenvalue weighted by atomic mass is 10.0. The van der Waals surface area contributed by atoms with Gasteiger partial charge in [0.1, 0.15) is 5.82 Å². The molecule has 146 valence electrons. The zero-order chi connectivity index (χ0) is 20.3. The van der Waals surface area contributed by atoms with Crippen molar-refractivity contribution in [1.29, 1.82) is 0 Å². The van der Waals surface area contributed by atoms with Crippen molar-refractivity contribution in [1.82, 2.24) is 0 Å². The molecule has 0 unspecified atom stereocenters. The average molecular weight is 419 g/mol. The van der Waals surface area contributed by atoms with E-state index in [1.807, 2.05) is 0 Å². The number of hydrogen-bond acceptors (Lipinski definition) is 5. The maximum Gasteiger partial charge on any atom is 0.412 e. The monoisotopic (exact) mass is 419 g/mol. The van der Waals surface area contributed by atoms with Crippen molar-refractivity contribution < 1.29 is 22.3 Å². The van der Waals surface area contributed by atoms with E-state index in [9.17, 15) is 17.6 Å². The Balaban J connectivity index is 2.06. The third kappa shape index (κ3) is 4.58. The van der Waals surface area contributed by atoms with Gasteiger partial charge in [0.15, 0.2) is 9.84 Å². The Morgan fingerprint density at radius 3 is 2.25 bits per heavy atom. The lowest BCUT2D eigenvalue weighted by Crippen LogP contribution is -2.12. The summed E-state index contributed by atoms with van der Waals surface area (Å²) in [5, 5.41) is 3.25. The summed E-state index contributed by atoms with van der Waals surface area (Å²) in [6.45, 7) is 1.97. The van der Waals surface area contributed by atoms with E-state index in [4.69, 9.17) is 4.74 Å². The molecule has 0 bridgehead atoms. The van der Waals surface area contributed by atoms with Gasteiger partial charge in [-0.05, 0) is 48.4 Å². The van der Waals surface area contributed by atoms with Gasteiger partial charge in [-0.2, -0.15) is 0 Å². The van der Waals surface area contributed by atoms with Crippen LogP contribution in [0.15, 0.2) is 59.5 Å². The van der Waals surface area contributed by atoms with Crippen LogP contribution >= 0.6 is 11.3 Å². The number of benzene rings is 2. The summed E-state index contributed by atoms with van der Waals surface area (Å²) in [5.74, 6) is -0.343. The molecule has 0 spiro atoms. The van der Waals surface area contributed by atoms with Gasteiger partial charge in [-0.3, -0.25) is 5.32 Å². The molecule has 0 atom stereocenters. The molecule has 0 aliphatic heterocycles. The number of thiophene rings is 1. The number of rotatable bonds is 5. The Bertz CT molecular complexity index is 1090. The van der Waals surface area contributed by atoms with E-state index in [-0.39, 0.29) is 17.3 Å². The molecule has 0 saturated carbocycles. The average Bonchev–Trinajstić information content (AvgIpc) is 3.05. The lowest BCUT2D eigenvalue weighted by molar-refractivity contribution is 0.168. The van der Waals surface area contributed by atoms with E-state index in [2.05, 4.69) is 5.32 Å². The van der Waals surface area contributed by atoms with Crippen molar-refractivity contribution in [3.63, 3.8) is 0 Å². The summed E-state index contributed by atoms with van der Waals surface area (Å²) in [5.41, 5.74) is 2.36. The van der Waals surface area contributed by atoms with E-state index < -0.39 is 15.9 Å². The summed E-state index contributed by atoms with van der Waals surface area (Å²) < 4.78 is 41.6. The van der Waals surface area contributed by atoms with E-state index in [1.165, 1.54) is 35.6 Å². The van der Waals surface area contributed by atoms with Crippen molar-refractivity contribution in [2.75, 3.05) is 18.2 Å². The quantitative estimate of drug-likeness (QED) is 0.617. The topological polar surface area (TPSA) is 72.5 Å². The fraction of sp³-hybridized carbons (Fsp3) is 0.150. The number of hydrogen-bond donors (Lipinski definition) is 1. The number of amides is 1. The minimum Gasteiger partial charge on any atom is -0.450 e. The molecule has 2 aromatic carbocycles. The molecule has 5 nitrogen and oxygen atoms in total. The minimum absolute atomic E-state index is 0.222. The third-order valence-electron chi connectivity index (χ3n) is 3.93. The highest BCUT2D eigenvalue weighted by Gasteiger charge is 2.16. The Hall–Kier alpha value is -2.71. The van der Waals surface area contributed by atoms with Crippen LogP contribution in [0.3, 0.4) is 0 Å². The molecule has 0 radical (unpaired) electrons. The molecule has 0 aliphatic carbocycles. The summed E-state index contributed by atoms with van der Waals surface area (Å²) in [6, 6.07) is 14.3. The normalized spacial score (nSPS) is 11.2. The summed E-state index contributed by atoms with van der Waals surface area (Å²) in [6.07, 6.45) is 0.589. The van der Waals surface area contributed by atoms with Crippen molar-refractivity contribution in [2.24, 2.45) is 0 Å². The predicted octanol–water partition coefficient (Wildman–Crippen LogP) is 5.19. The van der Waals surface area contributed by atoms with Crippen LogP contribution in [0.5, 0.6) is 0 Å². The maximum absolute atomic E-state index is 13.3. The van der Waals surface area contributed by atoms with Crippen LogP contribution < -0.4 is 5.32 Å². The Kier molecular flexibility index (Phi) is 5.81. The van der Waals surface area contributed by atoms with Crippen molar-refractivity contribution >= 4 is 32.3 Å². The largest absolute Gasteiger partial charge is 0.450 e. The lowest BCUT2D eigenvalue weighted by Gasteiger charge is -2.05. The fourth-order valence-electron chi connectivity index (χ4n) is 2.63. The molecule has 3 aromatic rings. The first-order chi connectivity index (χ1) is 13.3. The van der Waals surface area contributed by atoms with Crippen molar-refractivity contribution in [2.45, 2.75) is 11.8 Å². The molecule has 3 rings (SSSR count). The Morgan fingerprint density at radius 1 is 1.07 bits per heavy atom. The molecule has 1 amide bonds. The first-order valence-electron chi connectivity index (χ1n) is 8.42. The smallest absolute Gasteiger partial charge is 0.412 e. The molecular weight excluding hydrogens is 401 g/mol. The SMILES string of the molecule is CCOC(=O)Nc1cc(-c2ccc(S(C)(=O)=O)cc2)c(-c2ccc(F)cc2)s1. The second-order valence-electron chi connectivity index (χ2n) is 6.00. The van der Waals surface area contributed by atoms with E-state index >= 15 is 0 Å². The molecule has 28 heavy (non-hydrogen) atoms. The molecule has 1 heterocycles. The number of ether oxygens (including phenoxy) is 1. The van der Waals surface area contributed by atoms with Gasteiger partial charge in [0, 0.05) is 16.7 Å². The number of carbonyl (C=O) groups excluding carboxylic acids is 1. The number of carbonyl (C=O) groups is 1. The second kappa shape index (κ2) is 8.12. The van der Waals surface area contributed by atoms with Gasteiger partial charge in [-0.1, -0.05) is 24.3 Å². The Labute approximate surface area is 166 Å². The van der Waals surface area contributed by atoms with Crippen LogP contribution in [0.2, 0.25) is 0 Å². The number of nitrogens with one attached hydrogen (secondary N) is 1. The van der Waals surface area contributed by atoms with Crippen LogP contribution in [-0.4, -0.2) is 27.4 Å². The van der Waals surface area contributed by atoms with E-state index in [1.54, 1.807) is 37.3 Å². The second-order valence-corrected chi connectivity index (χ2v) is 9.07. The molecule has 0 fully saturated rings. The van der Waals surface area contributed by atoms with E-state index in [0.717, 1.165) is 27.8 Å². The highest BCUT2D eigenvalue weighted by Crippen LogP contribution is 2.42. The summed E-state index contributed by atoms with van der Waals surface area (Å²) in [7, 11) is -3.30. The first-order valence-corrected chi connectivity index (χ1v) is 11.1. The predicted molar refractivity (Wildman–Crippen MR) is 109 cm³/mol. The molecule has 1 N–H and O–H groups in total.